The van der Waals surface area contributed by atoms with Crippen molar-refractivity contribution >= 4 is 17.8 Å². The molecular formula is C48H86N2O5. The highest BCUT2D eigenvalue weighted by Gasteiger charge is 2.21. The Balaban J connectivity index is 4.22. The van der Waals surface area contributed by atoms with Crippen LogP contribution in [-0.2, 0) is 23.9 Å². The predicted octanol–water partition coefficient (Wildman–Crippen LogP) is 12.7. The molecule has 55 heavy (non-hydrogen) atoms. The van der Waals surface area contributed by atoms with Gasteiger partial charge in [0.15, 0.2) is 0 Å². The number of carbonyl (C=O) groups excluding carboxylic acids is 3. The third-order valence-electron chi connectivity index (χ3n) is 9.67. The van der Waals surface area contributed by atoms with Crippen LogP contribution in [0.1, 0.15) is 200 Å². The second-order valence-electron chi connectivity index (χ2n) is 15.5. The Kier molecular flexibility index (Phi) is 40.4. The highest BCUT2D eigenvalue weighted by atomic mass is 16.5. The number of ether oxygens (including phenoxy) is 2. The van der Waals surface area contributed by atoms with Gasteiger partial charge >= 0.3 is 11.9 Å². The quantitative estimate of drug-likeness (QED) is 0.0379. The van der Waals surface area contributed by atoms with Gasteiger partial charge in [-0.3, -0.25) is 14.4 Å². The summed E-state index contributed by atoms with van der Waals surface area (Å²) in [7, 11) is 4.03. The molecule has 0 radical (unpaired) electrons. The van der Waals surface area contributed by atoms with Crippen molar-refractivity contribution in [2.45, 2.75) is 206 Å². The van der Waals surface area contributed by atoms with Gasteiger partial charge in [0, 0.05) is 12.5 Å². The summed E-state index contributed by atoms with van der Waals surface area (Å²) in [4.78, 5) is 40.1. The van der Waals surface area contributed by atoms with Gasteiger partial charge in [0.1, 0.15) is 0 Å². The maximum absolute atomic E-state index is 12.7. The van der Waals surface area contributed by atoms with Gasteiger partial charge in [0.2, 0.25) is 5.91 Å². The lowest BCUT2D eigenvalue weighted by Gasteiger charge is -2.18. The van der Waals surface area contributed by atoms with Crippen LogP contribution in [0.25, 0.3) is 0 Å². The highest BCUT2D eigenvalue weighted by Crippen LogP contribution is 2.12. The molecule has 0 saturated carbocycles. The Morgan fingerprint density at radius 3 is 1.27 bits per heavy atom. The smallest absolute Gasteiger partial charge is 0.307 e. The average molecular weight is 771 g/mol. The van der Waals surface area contributed by atoms with Gasteiger partial charge in [-0.2, -0.15) is 0 Å². The van der Waals surface area contributed by atoms with Gasteiger partial charge in [-0.05, 0) is 111 Å². The zero-order chi connectivity index (χ0) is 40.3. The van der Waals surface area contributed by atoms with E-state index in [0.29, 0.717) is 19.6 Å². The van der Waals surface area contributed by atoms with Crippen LogP contribution in [0.15, 0.2) is 48.6 Å². The van der Waals surface area contributed by atoms with Crippen LogP contribution in [0, 0.1) is 0 Å². The molecule has 0 aromatic carbocycles. The fourth-order valence-electron chi connectivity index (χ4n) is 6.26. The zero-order valence-corrected chi connectivity index (χ0v) is 36.3. The first-order valence-electron chi connectivity index (χ1n) is 22.7. The molecule has 0 aliphatic carbocycles. The molecule has 0 heterocycles. The van der Waals surface area contributed by atoms with Crippen molar-refractivity contribution in [3.63, 3.8) is 0 Å². The Hall–Kier alpha value is -2.67. The second-order valence-corrected chi connectivity index (χ2v) is 15.5. The molecule has 0 aromatic heterocycles. The number of esters is 2. The molecule has 7 nitrogen and oxygen atoms in total. The lowest BCUT2D eigenvalue weighted by molar-refractivity contribution is -0.146. The highest BCUT2D eigenvalue weighted by molar-refractivity contribution is 5.79. The second kappa shape index (κ2) is 42.5. The lowest BCUT2D eigenvalue weighted by atomic mass is 10.1. The minimum atomic E-state index is -0.618. The number of nitrogens with one attached hydrogen (secondary N) is 1. The molecular weight excluding hydrogens is 685 g/mol. The van der Waals surface area contributed by atoms with Crippen LogP contribution in [0.5, 0.6) is 0 Å². The maximum atomic E-state index is 12.7. The summed E-state index contributed by atoms with van der Waals surface area (Å²) in [5, 5.41) is 2.91. The molecule has 0 atom stereocenters. The molecule has 0 aromatic rings. The molecule has 0 bridgehead atoms. The van der Waals surface area contributed by atoms with Crippen LogP contribution < -0.4 is 5.32 Å². The van der Waals surface area contributed by atoms with E-state index in [1.807, 2.05) is 14.1 Å². The van der Waals surface area contributed by atoms with Crippen molar-refractivity contribution < 1.29 is 23.9 Å². The first kappa shape index (κ1) is 52.3. The van der Waals surface area contributed by atoms with Crippen LogP contribution in [0.3, 0.4) is 0 Å². The van der Waals surface area contributed by atoms with Crippen LogP contribution in [-0.4, -0.2) is 62.6 Å². The molecule has 1 N–H and O–H groups in total. The number of hydrogen-bond acceptors (Lipinski definition) is 6. The Bertz CT molecular complexity index is 938. The minimum Gasteiger partial charge on any atom is -0.466 e. The van der Waals surface area contributed by atoms with Crippen LogP contribution in [0.2, 0.25) is 0 Å². The molecule has 318 valence electrons. The number of nitrogens with zero attached hydrogens (tertiary/aromatic N) is 1. The standard InChI is InChI=1S/C48H86N2O5/c1-5-7-9-11-13-15-17-19-21-23-25-27-29-31-33-37-41-54-47(52)43-45(49-46(51)39-35-36-40-50(3)4)44-48(53)55-42-38-34-32-30-28-26-24-22-20-18-16-14-12-10-8-6-2/h13-16,19-22,45H,5-12,17-18,23-44H2,1-4H3,(H,49,51)/b15-13-,16-14-,21-19-,22-20-. The molecule has 0 aliphatic rings. The number of rotatable bonds is 40. The monoisotopic (exact) mass is 771 g/mol. The van der Waals surface area contributed by atoms with Crippen molar-refractivity contribution in [1.29, 1.82) is 0 Å². The number of allylic oxidation sites excluding steroid dienone is 8. The number of hydrogen-bond donors (Lipinski definition) is 1. The summed E-state index contributed by atoms with van der Waals surface area (Å²) in [5.41, 5.74) is 0. The molecule has 0 rings (SSSR count). The summed E-state index contributed by atoms with van der Waals surface area (Å²) in [5.74, 6) is -0.892. The first-order valence-corrected chi connectivity index (χ1v) is 22.7. The lowest BCUT2D eigenvalue weighted by Crippen LogP contribution is -2.38. The van der Waals surface area contributed by atoms with Crippen molar-refractivity contribution in [2.75, 3.05) is 33.9 Å². The molecule has 1 amide bonds. The molecule has 0 fully saturated rings. The third-order valence-corrected chi connectivity index (χ3v) is 9.67. The summed E-state index contributed by atoms with van der Waals surface area (Å²) < 4.78 is 11.0. The summed E-state index contributed by atoms with van der Waals surface area (Å²) >= 11 is 0. The van der Waals surface area contributed by atoms with Crippen molar-refractivity contribution in [3.8, 4) is 0 Å². The van der Waals surface area contributed by atoms with Gasteiger partial charge in [0.05, 0.1) is 26.1 Å². The van der Waals surface area contributed by atoms with E-state index in [0.717, 1.165) is 83.6 Å². The summed E-state index contributed by atoms with van der Waals surface area (Å²) in [6, 6.07) is -0.618. The van der Waals surface area contributed by atoms with Crippen LogP contribution >= 0.6 is 0 Å². The van der Waals surface area contributed by atoms with Crippen molar-refractivity contribution in [1.82, 2.24) is 10.2 Å². The van der Waals surface area contributed by atoms with E-state index in [2.05, 4.69) is 72.7 Å². The van der Waals surface area contributed by atoms with E-state index in [1.54, 1.807) is 0 Å². The normalized spacial score (nSPS) is 12.0. The molecule has 7 heteroatoms. The number of amides is 1. The van der Waals surface area contributed by atoms with E-state index in [-0.39, 0.29) is 30.7 Å². The summed E-state index contributed by atoms with van der Waals surface area (Å²) in [6.45, 7) is 6.14. The van der Waals surface area contributed by atoms with Crippen molar-refractivity contribution in [3.05, 3.63) is 48.6 Å². The average Bonchev–Trinajstić information content (AvgIpc) is 3.15. The predicted molar refractivity (Wildman–Crippen MR) is 234 cm³/mol. The van der Waals surface area contributed by atoms with E-state index >= 15 is 0 Å². The fourth-order valence-corrected chi connectivity index (χ4v) is 6.26. The molecule has 0 saturated heterocycles. The van der Waals surface area contributed by atoms with Crippen LogP contribution in [0.4, 0.5) is 0 Å². The summed E-state index contributed by atoms with van der Waals surface area (Å²) in [6.07, 6.45) is 48.1. The van der Waals surface area contributed by atoms with E-state index in [4.69, 9.17) is 9.47 Å². The third kappa shape index (κ3) is 42.3. The minimum absolute atomic E-state index is 0.0222. The van der Waals surface area contributed by atoms with Gasteiger partial charge in [-0.25, -0.2) is 0 Å². The number of carbonyl (C=O) groups is 3. The SMILES string of the molecule is CCCCC/C=C\C/C=C\CCCCCCCCOC(=O)CC(CC(=O)OCCCCCCCC/C=C\C/C=C\CCCCC)NC(=O)CCCCN(C)C. The fraction of sp³-hybridized carbons (Fsp3) is 0.771. The van der Waals surface area contributed by atoms with E-state index < -0.39 is 6.04 Å². The van der Waals surface area contributed by atoms with E-state index in [9.17, 15) is 14.4 Å². The van der Waals surface area contributed by atoms with Gasteiger partial charge < -0.3 is 19.7 Å². The van der Waals surface area contributed by atoms with Crippen molar-refractivity contribution in [2.24, 2.45) is 0 Å². The topological polar surface area (TPSA) is 84.9 Å². The maximum Gasteiger partial charge on any atom is 0.307 e. The Morgan fingerprint density at radius 1 is 0.491 bits per heavy atom. The first-order chi connectivity index (χ1) is 26.9. The number of unbranched alkanes of at least 4 members (excludes halogenated alkanes) is 19. The molecule has 0 aliphatic heterocycles. The zero-order valence-electron chi connectivity index (χ0n) is 36.3. The van der Waals surface area contributed by atoms with Gasteiger partial charge in [-0.15, -0.1) is 0 Å². The molecule has 0 unspecified atom stereocenters. The largest absolute Gasteiger partial charge is 0.466 e. The Morgan fingerprint density at radius 2 is 0.873 bits per heavy atom. The van der Waals surface area contributed by atoms with E-state index in [1.165, 1.54) is 89.9 Å². The van der Waals surface area contributed by atoms with Gasteiger partial charge in [-0.1, -0.05) is 140 Å². The Labute approximate surface area is 339 Å². The molecule has 0 spiro atoms. The van der Waals surface area contributed by atoms with Gasteiger partial charge in [0.25, 0.3) is 0 Å².